The lowest BCUT2D eigenvalue weighted by molar-refractivity contribution is -0.534. The number of ether oxygens (including phenoxy) is 2. The molecule has 1 N–H and O–H groups in total. The standard InChI is InChI=1S/C28H25ClFN3O5/c1-37-23-14-17(13-19(29)25(23)38-15-16-7-2-4-9-20(16)30)24-22-11-6-12-32(22)28(26(24)33(35)36)18-8-3-5-10-21(18)31-27(28)34/h2-5,7-10,13-14,22,24,26H,6,11-12,15H2,1H3,(H,31,34)/t22-,24+,26+,28+/m0/s1. The summed E-state index contributed by atoms with van der Waals surface area (Å²) < 4.78 is 25.6. The average Bonchev–Trinajstić information content (AvgIpc) is 3.57. The highest BCUT2D eigenvalue weighted by molar-refractivity contribution is 6.32. The lowest BCUT2D eigenvalue weighted by Crippen LogP contribution is -2.55. The highest BCUT2D eigenvalue weighted by Crippen LogP contribution is 2.58. The molecule has 3 aromatic carbocycles. The van der Waals surface area contributed by atoms with Crippen LogP contribution in [0.3, 0.4) is 0 Å². The maximum atomic E-state index is 14.1. The van der Waals surface area contributed by atoms with Crippen LogP contribution in [0, 0.1) is 15.9 Å². The summed E-state index contributed by atoms with van der Waals surface area (Å²) in [6.45, 7) is 0.501. The van der Waals surface area contributed by atoms with Gasteiger partial charge >= 0.3 is 0 Å². The van der Waals surface area contributed by atoms with E-state index < -0.39 is 23.3 Å². The minimum Gasteiger partial charge on any atom is -0.493 e. The lowest BCUT2D eigenvalue weighted by atomic mass is 9.77. The largest absolute Gasteiger partial charge is 0.493 e. The number of nitrogens with one attached hydrogen (secondary N) is 1. The van der Waals surface area contributed by atoms with Crippen LogP contribution in [0.2, 0.25) is 5.02 Å². The van der Waals surface area contributed by atoms with E-state index in [0.717, 1.165) is 6.42 Å². The zero-order valence-corrected chi connectivity index (χ0v) is 21.3. The highest BCUT2D eigenvalue weighted by Gasteiger charge is 2.73. The van der Waals surface area contributed by atoms with Crippen LogP contribution in [0.15, 0.2) is 60.7 Å². The molecule has 2 fully saturated rings. The van der Waals surface area contributed by atoms with Gasteiger partial charge in [-0.05, 0) is 42.7 Å². The zero-order valence-electron chi connectivity index (χ0n) is 20.5. The second-order valence-electron chi connectivity index (χ2n) is 9.84. The van der Waals surface area contributed by atoms with Gasteiger partial charge in [0.2, 0.25) is 0 Å². The van der Waals surface area contributed by atoms with E-state index in [2.05, 4.69) is 5.32 Å². The van der Waals surface area contributed by atoms with Crippen molar-refractivity contribution in [3.8, 4) is 11.5 Å². The third-order valence-electron chi connectivity index (χ3n) is 8.06. The van der Waals surface area contributed by atoms with Gasteiger partial charge in [0.05, 0.1) is 18.1 Å². The molecule has 196 valence electrons. The predicted molar refractivity (Wildman–Crippen MR) is 139 cm³/mol. The minimum atomic E-state index is -1.42. The Bertz CT molecular complexity index is 1450. The number of carbonyl (C=O) groups excluding carboxylic acids is 1. The van der Waals surface area contributed by atoms with Gasteiger partial charge in [-0.15, -0.1) is 0 Å². The van der Waals surface area contributed by atoms with Crippen LogP contribution < -0.4 is 14.8 Å². The third kappa shape index (κ3) is 3.49. The summed E-state index contributed by atoms with van der Waals surface area (Å²) in [7, 11) is 1.45. The summed E-state index contributed by atoms with van der Waals surface area (Å²) in [5, 5.41) is 15.9. The van der Waals surface area contributed by atoms with Crippen molar-refractivity contribution in [1.82, 2.24) is 4.90 Å². The summed E-state index contributed by atoms with van der Waals surface area (Å²) in [5.74, 6) is -0.902. The van der Waals surface area contributed by atoms with Crippen LogP contribution in [-0.2, 0) is 16.9 Å². The number of nitro groups is 1. The van der Waals surface area contributed by atoms with Crippen molar-refractivity contribution in [2.45, 2.75) is 43.0 Å². The van der Waals surface area contributed by atoms with Crippen LogP contribution in [-0.4, -0.2) is 41.5 Å². The van der Waals surface area contributed by atoms with Crippen molar-refractivity contribution in [2.24, 2.45) is 0 Å². The van der Waals surface area contributed by atoms with E-state index in [-0.39, 0.29) is 40.0 Å². The second kappa shape index (κ2) is 9.25. The average molecular weight is 538 g/mol. The van der Waals surface area contributed by atoms with Gasteiger partial charge in [-0.1, -0.05) is 48.0 Å². The van der Waals surface area contributed by atoms with Crippen LogP contribution in [0.4, 0.5) is 10.1 Å². The fraction of sp³-hybridized carbons (Fsp3) is 0.321. The van der Waals surface area contributed by atoms with Crippen LogP contribution in [0.1, 0.15) is 35.4 Å². The van der Waals surface area contributed by atoms with Crippen molar-refractivity contribution in [3.05, 3.63) is 98.3 Å². The number of fused-ring (bicyclic) bond motifs is 4. The Morgan fingerprint density at radius 2 is 1.97 bits per heavy atom. The topological polar surface area (TPSA) is 93.9 Å². The number of para-hydroxylation sites is 1. The molecular formula is C28H25ClFN3O5. The molecule has 6 rings (SSSR count). The van der Waals surface area contributed by atoms with E-state index in [9.17, 15) is 19.3 Å². The summed E-state index contributed by atoms with van der Waals surface area (Å²) in [6.07, 6.45) is 1.52. The van der Waals surface area contributed by atoms with Gasteiger partial charge in [0, 0.05) is 34.3 Å². The molecule has 0 bridgehead atoms. The van der Waals surface area contributed by atoms with Crippen molar-refractivity contribution >= 4 is 23.2 Å². The Morgan fingerprint density at radius 1 is 1.21 bits per heavy atom. The maximum Gasteiger partial charge on any atom is 0.256 e. The van der Waals surface area contributed by atoms with E-state index >= 15 is 0 Å². The van der Waals surface area contributed by atoms with E-state index in [1.165, 1.54) is 13.2 Å². The molecule has 0 unspecified atom stereocenters. The fourth-order valence-corrected chi connectivity index (χ4v) is 6.89. The quantitative estimate of drug-likeness (QED) is 0.346. The summed E-state index contributed by atoms with van der Waals surface area (Å²) in [5.41, 5.74) is 0.754. The number of nitrogens with zero attached hydrogens (tertiary/aromatic N) is 2. The van der Waals surface area contributed by atoms with Gasteiger partial charge in [-0.2, -0.15) is 0 Å². The molecule has 0 aliphatic carbocycles. The fourth-order valence-electron chi connectivity index (χ4n) is 6.61. The van der Waals surface area contributed by atoms with Crippen LogP contribution in [0.5, 0.6) is 11.5 Å². The molecule has 0 saturated carbocycles. The third-order valence-corrected chi connectivity index (χ3v) is 8.34. The molecule has 3 aliphatic rings. The molecular weight excluding hydrogens is 513 g/mol. The molecule has 8 nitrogen and oxygen atoms in total. The van der Waals surface area contributed by atoms with E-state index in [4.69, 9.17) is 21.1 Å². The molecule has 2 saturated heterocycles. The SMILES string of the molecule is COc1cc([C@@H]2[C@@H]3CCCN3[C@@]3(C(=O)Nc4ccccc43)[C@@H]2[N+](=O)[O-])cc(Cl)c1OCc1ccccc1F. The number of halogens is 2. The van der Waals surface area contributed by atoms with Gasteiger partial charge in [0.25, 0.3) is 11.9 Å². The number of amides is 1. The first-order chi connectivity index (χ1) is 18.4. The molecule has 4 atom stereocenters. The zero-order chi connectivity index (χ0) is 26.6. The van der Waals surface area contributed by atoms with Crippen molar-refractivity contribution in [2.75, 3.05) is 19.0 Å². The first-order valence-electron chi connectivity index (χ1n) is 12.4. The number of benzene rings is 3. The Labute approximate surface area is 223 Å². The Balaban J connectivity index is 1.44. The number of rotatable bonds is 6. The van der Waals surface area contributed by atoms with Crippen LogP contribution >= 0.6 is 11.6 Å². The molecule has 3 aromatic rings. The van der Waals surface area contributed by atoms with E-state index in [1.54, 1.807) is 54.6 Å². The molecule has 1 amide bonds. The van der Waals surface area contributed by atoms with Crippen LogP contribution in [0.25, 0.3) is 0 Å². The van der Waals surface area contributed by atoms with Crippen molar-refractivity contribution in [3.63, 3.8) is 0 Å². The molecule has 38 heavy (non-hydrogen) atoms. The molecule has 3 heterocycles. The van der Waals surface area contributed by atoms with Gasteiger partial charge in [-0.25, -0.2) is 4.39 Å². The molecule has 3 aliphatic heterocycles. The van der Waals surface area contributed by atoms with Gasteiger partial charge < -0.3 is 14.8 Å². The smallest absolute Gasteiger partial charge is 0.256 e. The predicted octanol–water partition coefficient (Wildman–Crippen LogP) is 5.12. The molecule has 10 heteroatoms. The Hall–Kier alpha value is -3.69. The highest BCUT2D eigenvalue weighted by atomic mass is 35.5. The number of hydrogen-bond acceptors (Lipinski definition) is 6. The summed E-state index contributed by atoms with van der Waals surface area (Å²) in [6, 6.07) is 15.3. The van der Waals surface area contributed by atoms with Gasteiger partial charge in [0.15, 0.2) is 17.0 Å². The second-order valence-corrected chi connectivity index (χ2v) is 10.2. The van der Waals surface area contributed by atoms with Gasteiger partial charge in [0.1, 0.15) is 12.4 Å². The molecule has 1 spiro atoms. The summed E-state index contributed by atoms with van der Waals surface area (Å²) >= 11 is 6.67. The number of hydrogen-bond donors (Lipinski definition) is 1. The number of carbonyl (C=O) groups is 1. The summed E-state index contributed by atoms with van der Waals surface area (Å²) in [4.78, 5) is 28.1. The van der Waals surface area contributed by atoms with Crippen molar-refractivity contribution in [1.29, 1.82) is 0 Å². The van der Waals surface area contributed by atoms with Crippen molar-refractivity contribution < 1.29 is 23.6 Å². The van der Waals surface area contributed by atoms with E-state index in [1.807, 2.05) is 4.90 Å². The monoisotopic (exact) mass is 537 g/mol. The lowest BCUT2D eigenvalue weighted by Gasteiger charge is -2.32. The first kappa shape index (κ1) is 24.6. The molecule has 0 radical (unpaired) electrons. The maximum absolute atomic E-state index is 14.1. The number of anilines is 1. The Kier molecular flexibility index (Phi) is 6.00. The minimum absolute atomic E-state index is 0.0699. The van der Waals surface area contributed by atoms with Gasteiger partial charge in [-0.3, -0.25) is 19.8 Å². The number of methoxy groups -OCH3 is 1. The normalized spacial score (nSPS) is 25.8. The first-order valence-corrected chi connectivity index (χ1v) is 12.8. The Morgan fingerprint density at radius 3 is 2.74 bits per heavy atom. The van der Waals surface area contributed by atoms with E-state index in [0.29, 0.717) is 35.3 Å². The molecule has 0 aromatic heterocycles.